The van der Waals surface area contributed by atoms with Gasteiger partial charge in [0.2, 0.25) is 10.0 Å². The Morgan fingerprint density at radius 3 is 2.33 bits per heavy atom. The largest absolute Gasteiger partial charge is 0.343 e. The molecule has 0 aliphatic rings. The molecule has 0 saturated heterocycles. The Morgan fingerprint density at radius 2 is 1.79 bits per heavy atom. The standard InChI is InChI=1S/C14H20N4O5S/c1-9-5-6-11(16-14(21)18(2)3)10(7-9)13(20)15-8-12(19)17-24(4,22)23/h5-7H,8H2,1-4H3,(H,15,20)(H,16,21)(H,17,19). The predicted molar refractivity (Wildman–Crippen MR) is 89.2 cm³/mol. The Balaban J connectivity index is 2.87. The highest BCUT2D eigenvalue weighted by Crippen LogP contribution is 2.17. The number of benzene rings is 1. The molecule has 10 heteroatoms. The van der Waals surface area contributed by atoms with E-state index in [1.807, 2.05) is 0 Å². The molecule has 0 saturated carbocycles. The number of hydrogen-bond acceptors (Lipinski definition) is 5. The van der Waals surface area contributed by atoms with Crippen molar-refractivity contribution in [2.24, 2.45) is 0 Å². The van der Waals surface area contributed by atoms with Crippen LogP contribution < -0.4 is 15.4 Å². The van der Waals surface area contributed by atoms with Gasteiger partial charge in [0.25, 0.3) is 11.8 Å². The second-order valence-corrected chi connectivity index (χ2v) is 7.10. The number of carbonyl (C=O) groups excluding carboxylic acids is 3. The highest BCUT2D eigenvalue weighted by molar-refractivity contribution is 7.89. The van der Waals surface area contributed by atoms with Crippen molar-refractivity contribution in [3.63, 3.8) is 0 Å². The van der Waals surface area contributed by atoms with Crippen LogP contribution in [0, 0.1) is 6.92 Å². The quantitative estimate of drug-likeness (QED) is 0.679. The van der Waals surface area contributed by atoms with E-state index in [1.165, 1.54) is 4.90 Å². The summed E-state index contributed by atoms with van der Waals surface area (Å²) >= 11 is 0. The van der Waals surface area contributed by atoms with Crippen LogP contribution in [0.3, 0.4) is 0 Å². The van der Waals surface area contributed by atoms with Gasteiger partial charge >= 0.3 is 6.03 Å². The number of aryl methyl sites for hydroxylation is 1. The van der Waals surface area contributed by atoms with Crippen LogP contribution in [0.4, 0.5) is 10.5 Å². The maximum Gasteiger partial charge on any atom is 0.321 e. The van der Waals surface area contributed by atoms with Gasteiger partial charge in [0.05, 0.1) is 24.1 Å². The molecule has 0 fully saturated rings. The van der Waals surface area contributed by atoms with Crippen LogP contribution in [-0.4, -0.2) is 58.1 Å². The maximum absolute atomic E-state index is 12.2. The lowest BCUT2D eigenvalue weighted by Gasteiger charge is -2.15. The highest BCUT2D eigenvalue weighted by atomic mass is 32.2. The summed E-state index contributed by atoms with van der Waals surface area (Å²) in [5.74, 6) is -1.48. The third-order valence-corrected chi connectivity index (χ3v) is 3.37. The molecule has 0 aliphatic carbocycles. The lowest BCUT2D eigenvalue weighted by atomic mass is 10.1. The number of rotatable bonds is 5. The van der Waals surface area contributed by atoms with Crippen LogP contribution in [0.1, 0.15) is 15.9 Å². The summed E-state index contributed by atoms with van der Waals surface area (Å²) in [5, 5.41) is 4.88. The molecule has 24 heavy (non-hydrogen) atoms. The molecule has 1 rings (SSSR count). The first-order valence-corrected chi connectivity index (χ1v) is 8.76. The minimum Gasteiger partial charge on any atom is -0.343 e. The van der Waals surface area contributed by atoms with Gasteiger partial charge in [0.1, 0.15) is 0 Å². The zero-order valence-electron chi connectivity index (χ0n) is 13.8. The number of sulfonamides is 1. The lowest BCUT2D eigenvalue weighted by Crippen LogP contribution is -2.39. The molecule has 0 aromatic heterocycles. The van der Waals surface area contributed by atoms with E-state index in [0.29, 0.717) is 0 Å². The number of amides is 4. The van der Waals surface area contributed by atoms with Gasteiger partial charge in [-0.15, -0.1) is 0 Å². The Bertz CT molecular complexity index is 758. The number of hydrogen-bond donors (Lipinski definition) is 3. The minimum absolute atomic E-state index is 0.164. The number of nitrogens with one attached hydrogen (secondary N) is 3. The smallest absolute Gasteiger partial charge is 0.321 e. The van der Waals surface area contributed by atoms with Gasteiger partial charge in [-0.05, 0) is 19.1 Å². The van der Waals surface area contributed by atoms with Gasteiger partial charge in [-0.2, -0.15) is 0 Å². The average molecular weight is 356 g/mol. The van der Waals surface area contributed by atoms with E-state index in [2.05, 4.69) is 10.6 Å². The summed E-state index contributed by atoms with van der Waals surface area (Å²) in [6.07, 6.45) is 0.835. The van der Waals surface area contributed by atoms with Crippen LogP contribution in [0.15, 0.2) is 18.2 Å². The zero-order valence-corrected chi connectivity index (χ0v) is 14.7. The molecular weight excluding hydrogens is 336 g/mol. The Hall–Kier alpha value is -2.62. The van der Waals surface area contributed by atoms with Gasteiger partial charge in [0, 0.05) is 14.1 Å². The van der Waals surface area contributed by atoms with Crippen molar-refractivity contribution < 1.29 is 22.8 Å². The van der Waals surface area contributed by atoms with Crippen molar-refractivity contribution in [2.75, 3.05) is 32.2 Å². The molecule has 0 unspecified atom stereocenters. The van der Waals surface area contributed by atoms with E-state index in [-0.39, 0.29) is 11.3 Å². The molecule has 0 heterocycles. The SMILES string of the molecule is Cc1ccc(NC(=O)N(C)C)c(C(=O)NCC(=O)NS(C)(=O)=O)c1. The molecule has 0 atom stereocenters. The van der Waals surface area contributed by atoms with Crippen LogP contribution in [0.2, 0.25) is 0 Å². The molecule has 1 aromatic rings. The molecule has 1 aromatic carbocycles. The Labute approximate surface area is 140 Å². The van der Waals surface area contributed by atoms with Crippen molar-refractivity contribution >= 4 is 33.6 Å². The number of carbonyl (C=O) groups is 3. The summed E-state index contributed by atoms with van der Waals surface area (Å²) in [7, 11) is -0.581. The molecular formula is C14H20N4O5S. The zero-order chi connectivity index (χ0) is 18.5. The molecule has 0 radical (unpaired) electrons. The third-order valence-electron chi connectivity index (χ3n) is 2.78. The van der Waals surface area contributed by atoms with Crippen LogP contribution in [0.5, 0.6) is 0 Å². The van der Waals surface area contributed by atoms with E-state index < -0.39 is 34.4 Å². The summed E-state index contributed by atoms with van der Waals surface area (Å²) in [5.41, 5.74) is 1.22. The molecule has 0 aliphatic heterocycles. The van der Waals surface area contributed by atoms with Crippen molar-refractivity contribution in [1.29, 1.82) is 0 Å². The molecule has 4 amide bonds. The predicted octanol–water partition coefficient (Wildman–Crippen LogP) is -0.106. The molecule has 132 valence electrons. The second kappa shape index (κ2) is 7.77. The molecule has 0 spiro atoms. The number of urea groups is 1. The average Bonchev–Trinajstić information content (AvgIpc) is 2.44. The molecule has 9 nitrogen and oxygen atoms in total. The highest BCUT2D eigenvalue weighted by Gasteiger charge is 2.16. The van der Waals surface area contributed by atoms with Crippen molar-refractivity contribution in [2.45, 2.75) is 6.92 Å². The number of nitrogens with zero attached hydrogens (tertiary/aromatic N) is 1. The first kappa shape index (κ1) is 19.4. The fourth-order valence-corrected chi connectivity index (χ4v) is 2.17. The number of anilines is 1. The molecule has 3 N–H and O–H groups in total. The van der Waals surface area contributed by atoms with E-state index in [1.54, 1.807) is 43.9 Å². The van der Waals surface area contributed by atoms with Gasteiger partial charge in [-0.1, -0.05) is 11.6 Å². The topological polar surface area (TPSA) is 125 Å². The normalized spacial score (nSPS) is 10.7. The van der Waals surface area contributed by atoms with E-state index in [9.17, 15) is 22.8 Å². The van der Waals surface area contributed by atoms with Crippen LogP contribution in [-0.2, 0) is 14.8 Å². The summed E-state index contributed by atoms with van der Waals surface area (Å²) in [6.45, 7) is 1.26. The fourth-order valence-electron chi connectivity index (χ4n) is 1.68. The van der Waals surface area contributed by atoms with Crippen molar-refractivity contribution in [1.82, 2.24) is 14.9 Å². The van der Waals surface area contributed by atoms with Gasteiger partial charge in [-0.25, -0.2) is 13.2 Å². The van der Waals surface area contributed by atoms with Gasteiger partial charge < -0.3 is 15.5 Å². The maximum atomic E-state index is 12.2. The van der Waals surface area contributed by atoms with Crippen LogP contribution in [0.25, 0.3) is 0 Å². The first-order valence-electron chi connectivity index (χ1n) is 6.87. The summed E-state index contributed by atoms with van der Waals surface area (Å²) in [4.78, 5) is 36.7. The van der Waals surface area contributed by atoms with E-state index >= 15 is 0 Å². The fraction of sp³-hybridized carbons (Fsp3) is 0.357. The monoisotopic (exact) mass is 356 g/mol. The van der Waals surface area contributed by atoms with Crippen molar-refractivity contribution in [3.8, 4) is 0 Å². The van der Waals surface area contributed by atoms with Gasteiger partial charge in [-0.3, -0.25) is 14.3 Å². The second-order valence-electron chi connectivity index (χ2n) is 5.35. The Kier molecular flexibility index (Phi) is 6.29. The minimum atomic E-state index is -3.69. The van der Waals surface area contributed by atoms with E-state index in [0.717, 1.165) is 11.8 Å². The van der Waals surface area contributed by atoms with Crippen molar-refractivity contribution in [3.05, 3.63) is 29.3 Å². The van der Waals surface area contributed by atoms with Crippen LogP contribution >= 0.6 is 0 Å². The Morgan fingerprint density at radius 1 is 1.17 bits per heavy atom. The lowest BCUT2D eigenvalue weighted by molar-refractivity contribution is -0.118. The van der Waals surface area contributed by atoms with Gasteiger partial charge in [0.15, 0.2) is 0 Å². The van der Waals surface area contributed by atoms with E-state index in [4.69, 9.17) is 0 Å². The first-order chi connectivity index (χ1) is 11.0. The summed E-state index contributed by atoms with van der Waals surface area (Å²) in [6, 6.07) is 4.43. The molecule has 0 bridgehead atoms. The summed E-state index contributed by atoms with van der Waals surface area (Å²) < 4.78 is 23.6. The third kappa shape index (κ3) is 6.24.